The van der Waals surface area contributed by atoms with Gasteiger partial charge in [0, 0.05) is 19.8 Å². The van der Waals surface area contributed by atoms with Crippen LogP contribution in [-0.2, 0) is 19.7 Å². The second-order valence-electron chi connectivity index (χ2n) is 6.52. The quantitative estimate of drug-likeness (QED) is 0.641. The Morgan fingerprint density at radius 3 is 2.30 bits per heavy atom. The Hall–Kier alpha value is -2.98. The highest BCUT2D eigenvalue weighted by molar-refractivity contribution is 7.90. The van der Waals surface area contributed by atoms with E-state index in [1.54, 1.807) is 32.0 Å². The lowest BCUT2D eigenvalue weighted by Gasteiger charge is -2.27. The molecule has 0 heterocycles. The molecule has 0 radical (unpaired) electrons. The second-order valence-corrected chi connectivity index (χ2v) is 8.59. The Balaban J connectivity index is 2.30. The van der Waals surface area contributed by atoms with Crippen LogP contribution in [0, 0.1) is 12.7 Å². The molecule has 10 heteroatoms. The van der Waals surface area contributed by atoms with Crippen LogP contribution in [0.25, 0.3) is 0 Å². The van der Waals surface area contributed by atoms with Gasteiger partial charge in [0.15, 0.2) is 0 Å². The van der Waals surface area contributed by atoms with E-state index in [4.69, 9.17) is 4.74 Å². The normalized spacial score (nSPS) is 11.3. The average molecular weight is 437 g/mol. The van der Waals surface area contributed by atoms with Crippen molar-refractivity contribution < 1.29 is 27.1 Å². The first-order chi connectivity index (χ1) is 14.1. The van der Waals surface area contributed by atoms with Gasteiger partial charge in [0.05, 0.1) is 17.9 Å². The largest absolute Gasteiger partial charge is 0.462 e. The van der Waals surface area contributed by atoms with Crippen LogP contribution in [0.3, 0.4) is 0 Å². The summed E-state index contributed by atoms with van der Waals surface area (Å²) in [4.78, 5) is 24.7. The fourth-order valence-electron chi connectivity index (χ4n) is 2.63. The number of benzene rings is 2. The summed E-state index contributed by atoms with van der Waals surface area (Å²) in [6.45, 7) is 3.00. The van der Waals surface area contributed by atoms with Crippen LogP contribution >= 0.6 is 0 Å². The summed E-state index contributed by atoms with van der Waals surface area (Å²) in [5, 5.41) is 2.62. The number of nitrogens with one attached hydrogen (secondary N) is 1. The van der Waals surface area contributed by atoms with Crippen molar-refractivity contribution in [1.82, 2.24) is 4.31 Å². The van der Waals surface area contributed by atoms with Crippen LogP contribution < -0.4 is 9.62 Å². The van der Waals surface area contributed by atoms with E-state index in [0.29, 0.717) is 16.8 Å². The summed E-state index contributed by atoms with van der Waals surface area (Å²) < 4.78 is 45.5. The van der Waals surface area contributed by atoms with E-state index in [1.165, 1.54) is 26.2 Å². The maximum Gasteiger partial charge on any atom is 0.338 e. The van der Waals surface area contributed by atoms with E-state index < -0.39 is 34.4 Å². The van der Waals surface area contributed by atoms with Gasteiger partial charge in [-0.05, 0) is 55.8 Å². The molecule has 162 valence electrons. The van der Waals surface area contributed by atoms with Gasteiger partial charge in [0.1, 0.15) is 12.4 Å². The lowest BCUT2D eigenvalue weighted by atomic mass is 10.1. The molecular formula is C20H24FN3O5S. The summed E-state index contributed by atoms with van der Waals surface area (Å²) >= 11 is 0. The van der Waals surface area contributed by atoms with Gasteiger partial charge in [-0.1, -0.05) is 6.07 Å². The number of rotatable bonds is 8. The van der Waals surface area contributed by atoms with Gasteiger partial charge in [-0.2, -0.15) is 12.7 Å². The standard InChI is InChI=1S/C20H24FN3O5S/c1-5-29-20(26)17-7-6-8-18(14(17)2)22-19(25)13-24(30(27,28)23(3)4)16-11-9-15(21)10-12-16/h6-12H,5,13H2,1-4H3,(H,22,25). The number of ether oxygens (including phenoxy) is 1. The Bertz CT molecular complexity index is 1020. The molecular weight excluding hydrogens is 413 g/mol. The zero-order valence-corrected chi connectivity index (χ0v) is 18.0. The van der Waals surface area contributed by atoms with E-state index in [0.717, 1.165) is 20.7 Å². The molecule has 2 aromatic carbocycles. The first-order valence-electron chi connectivity index (χ1n) is 9.10. The molecule has 0 aliphatic rings. The molecule has 0 aliphatic carbocycles. The summed E-state index contributed by atoms with van der Waals surface area (Å²) in [5.74, 6) is -1.68. The van der Waals surface area contributed by atoms with E-state index in [9.17, 15) is 22.4 Å². The molecule has 0 spiro atoms. The van der Waals surface area contributed by atoms with Crippen LogP contribution in [0.15, 0.2) is 42.5 Å². The third-order valence-electron chi connectivity index (χ3n) is 4.24. The zero-order valence-electron chi connectivity index (χ0n) is 17.2. The summed E-state index contributed by atoms with van der Waals surface area (Å²) in [7, 11) is -1.36. The molecule has 0 saturated carbocycles. The van der Waals surface area contributed by atoms with Gasteiger partial charge in [-0.3, -0.25) is 4.79 Å². The van der Waals surface area contributed by atoms with Crippen molar-refractivity contribution in [1.29, 1.82) is 0 Å². The Kier molecular flexibility index (Phi) is 7.52. The SMILES string of the molecule is CCOC(=O)c1cccc(NC(=O)CN(c2ccc(F)cc2)S(=O)(=O)N(C)C)c1C. The van der Waals surface area contributed by atoms with E-state index in [-0.39, 0.29) is 12.3 Å². The van der Waals surface area contributed by atoms with Crippen molar-refractivity contribution in [2.75, 3.05) is 36.9 Å². The third-order valence-corrected chi connectivity index (χ3v) is 6.06. The minimum Gasteiger partial charge on any atom is -0.462 e. The molecule has 0 atom stereocenters. The number of hydrogen-bond acceptors (Lipinski definition) is 5. The number of nitrogens with zero attached hydrogens (tertiary/aromatic N) is 2. The number of amides is 1. The first-order valence-corrected chi connectivity index (χ1v) is 10.5. The van der Waals surface area contributed by atoms with Gasteiger partial charge in [-0.25, -0.2) is 13.5 Å². The van der Waals surface area contributed by atoms with Crippen LogP contribution in [0.5, 0.6) is 0 Å². The predicted molar refractivity (Wildman–Crippen MR) is 112 cm³/mol. The molecule has 1 amide bonds. The molecule has 0 aromatic heterocycles. The minimum absolute atomic E-state index is 0.136. The van der Waals surface area contributed by atoms with Gasteiger partial charge < -0.3 is 10.1 Å². The fourth-order valence-corrected chi connectivity index (χ4v) is 3.69. The highest BCUT2D eigenvalue weighted by Crippen LogP contribution is 2.22. The van der Waals surface area contributed by atoms with Gasteiger partial charge >= 0.3 is 16.2 Å². The maximum atomic E-state index is 13.3. The monoisotopic (exact) mass is 437 g/mol. The van der Waals surface area contributed by atoms with Crippen molar-refractivity contribution in [2.24, 2.45) is 0 Å². The molecule has 30 heavy (non-hydrogen) atoms. The lowest BCUT2D eigenvalue weighted by Crippen LogP contribution is -2.44. The Morgan fingerprint density at radius 1 is 1.10 bits per heavy atom. The van der Waals surface area contributed by atoms with Gasteiger partial charge in [0.2, 0.25) is 5.91 Å². The Morgan fingerprint density at radius 2 is 1.73 bits per heavy atom. The number of anilines is 2. The second kappa shape index (κ2) is 9.68. The van der Waals surface area contributed by atoms with Crippen molar-refractivity contribution >= 4 is 33.5 Å². The fraction of sp³-hybridized carbons (Fsp3) is 0.300. The summed E-state index contributed by atoms with van der Waals surface area (Å²) in [5.41, 5.74) is 1.28. The van der Waals surface area contributed by atoms with Crippen LogP contribution in [-0.4, -0.2) is 51.8 Å². The van der Waals surface area contributed by atoms with E-state index in [2.05, 4.69) is 5.32 Å². The number of hydrogen-bond donors (Lipinski definition) is 1. The molecule has 0 fully saturated rings. The van der Waals surface area contributed by atoms with Crippen molar-refractivity contribution in [3.8, 4) is 0 Å². The zero-order chi connectivity index (χ0) is 22.5. The van der Waals surface area contributed by atoms with Crippen molar-refractivity contribution in [2.45, 2.75) is 13.8 Å². The van der Waals surface area contributed by atoms with E-state index >= 15 is 0 Å². The van der Waals surface area contributed by atoms with Crippen LogP contribution in [0.4, 0.5) is 15.8 Å². The highest BCUT2D eigenvalue weighted by Gasteiger charge is 2.27. The third kappa shape index (κ3) is 5.33. The number of halogens is 1. The Labute approximate surface area is 175 Å². The topological polar surface area (TPSA) is 96.0 Å². The van der Waals surface area contributed by atoms with Crippen LogP contribution in [0.2, 0.25) is 0 Å². The molecule has 1 N–H and O–H groups in total. The van der Waals surface area contributed by atoms with Crippen molar-refractivity contribution in [3.05, 3.63) is 59.4 Å². The first kappa shape index (κ1) is 23.3. The lowest BCUT2D eigenvalue weighted by molar-refractivity contribution is -0.114. The average Bonchev–Trinajstić information content (AvgIpc) is 2.68. The summed E-state index contributed by atoms with van der Waals surface area (Å²) in [6, 6.07) is 9.52. The highest BCUT2D eigenvalue weighted by atomic mass is 32.2. The molecule has 0 unspecified atom stereocenters. The van der Waals surface area contributed by atoms with Gasteiger partial charge in [0.25, 0.3) is 0 Å². The van der Waals surface area contributed by atoms with Crippen LogP contribution in [0.1, 0.15) is 22.8 Å². The number of carbonyl (C=O) groups excluding carboxylic acids is 2. The smallest absolute Gasteiger partial charge is 0.338 e. The molecule has 0 saturated heterocycles. The van der Waals surface area contributed by atoms with E-state index in [1.807, 2.05) is 0 Å². The maximum absolute atomic E-state index is 13.3. The molecule has 2 rings (SSSR count). The summed E-state index contributed by atoms with van der Waals surface area (Å²) in [6.07, 6.45) is 0. The minimum atomic E-state index is -4.02. The van der Waals surface area contributed by atoms with Crippen molar-refractivity contribution in [3.63, 3.8) is 0 Å². The molecule has 2 aromatic rings. The number of carbonyl (C=O) groups is 2. The molecule has 0 aliphatic heterocycles. The number of esters is 1. The van der Waals surface area contributed by atoms with Gasteiger partial charge in [-0.15, -0.1) is 0 Å². The predicted octanol–water partition coefficient (Wildman–Crippen LogP) is 2.56. The molecule has 8 nitrogen and oxygen atoms in total. The molecule has 0 bridgehead atoms.